The van der Waals surface area contributed by atoms with Gasteiger partial charge in [-0.25, -0.2) is 0 Å². The predicted octanol–water partition coefficient (Wildman–Crippen LogP) is 4.41. The van der Waals surface area contributed by atoms with E-state index in [0.29, 0.717) is 5.03 Å². The highest BCUT2D eigenvalue weighted by atomic mass is 35.5. The van der Waals surface area contributed by atoms with Crippen LogP contribution in [0.3, 0.4) is 0 Å². The Hall–Kier alpha value is -1.84. The monoisotopic (exact) mass is 321 g/mol. The topological polar surface area (TPSA) is 38.3 Å². The van der Waals surface area contributed by atoms with Gasteiger partial charge in [0, 0.05) is 24.4 Å². The molecule has 3 nitrogen and oxygen atoms in total. The molecule has 0 saturated carbocycles. The van der Waals surface area contributed by atoms with Crippen molar-refractivity contribution in [2.75, 3.05) is 7.11 Å². The summed E-state index contributed by atoms with van der Waals surface area (Å²) in [6.45, 7) is 9.67. The second kappa shape index (κ2) is 11.8. The van der Waals surface area contributed by atoms with E-state index < -0.39 is 0 Å². The molecule has 4 heteroatoms. The van der Waals surface area contributed by atoms with Gasteiger partial charge in [0.15, 0.2) is 0 Å². The van der Waals surface area contributed by atoms with Crippen molar-refractivity contribution in [3.63, 3.8) is 0 Å². The fourth-order valence-electron chi connectivity index (χ4n) is 1.48. The summed E-state index contributed by atoms with van der Waals surface area (Å²) in [5, 5.41) is 3.03. The summed E-state index contributed by atoms with van der Waals surface area (Å²) in [5.41, 5.74) is 2.34. The highest BCUT2D eigenvalue weighted by Gasteiger charge is 1.98. The summed E-state index contributed by atoms with van der Waals surface area (Å²) in [6.07, 6.45) is 13.2. The van der Waals surface area contributed by atoms with E-state index in [1.807, 2.05) is 26.8 Å². The normalized spacial score (nSPS) is 14.2. The maximum Gasteiger partial charge on any atom is 0.247 e. The molecular weight excluding hydrogens is 298 g/mol. The van der Waals surface area contributed by atoms with Crippen LogP contribution in [0.25, 0.3) is 0 Å². The maximum atomic E-state index is 11.6. The Morgan fingerprint density at radius 2 is 1.95 bits per heavy atom. The summed E-state index contributed by atoms with van der Waals surface area (Å²) < 4.78 is 5.07. The van der Waals surface area contributed by atoms with Crippen LogP contribution in [-0.2, 0) is 9.53 Å². The Kier molecular flexibility index (Phi) is 10.8. The fraction of sp³-hybridized carbons (Fsp3) is 0.278. The first kappa shape index (κ1) is 20.2. The number of ether oxygens (including phenoxy) is 1. The number of hydrogen-bond acceptors (Lipinski definition) is 2. The van der Waals surface area contributed by atoms with Crippen molar-refractivity contribution in [2.45, 2.75) is 26.9 Å². The van der Waals surface area contributed by atoms with Gasteiger partial charge in [0.05, 0.1) is 6.10 Å². The molecule has 1 N–H and O–H groups in total. The van der Waals surface area contributed by atoms with Gasteiger partial charge in [0.25, 0.3) is 0 Å². The van der Waals surface area contributed by atoms with Crippen LogP contribution in [0.5, 0.6) is 0 Å². The van der Waals surface area contributed by atoms with Crippen LogP contribution < -0.4 is 5.32 Å². The quantitative estimate of drug-likeness (QED) is 0.408. The number of amides is 1. The molecule has 0 aliphatic rings. The molecule has 1 amide bonds. The standard InChI is InChI=1S/C18H24ClNO2/c1-6-17(22-5)13-16(19)9-10-18(21)20-11-7-8-15(4)12-14(2)3/h6-13,17H,1H2,2-5H3,(H,20,21)/b10-9+,11-7+,15-8-,16-13+. The molecule has 120 valence electrons. The number of rotatable bonds is 8. The van der Waals surface area contributed by atoms with E-state index in [4.69, 9.17) is 16.3 Å². The lowest BCUT2D eigenvalue weighted by Crippen LogP contribution is -2.13. The van der Waals surface area contributed by atoms with Crippen molar-refractivity contribution in [3.05, 3.63) is 71.5 Å². The number of allylic oxidation sites excluding steroid dienone is 7. The van der Waals surface area contributed by atoms with Crippen molar-refractivity contribution in [1.82, 2.24) is 5.32 Å². The van der Waals surface area contributed by atoms with Gasteiger partial charge in [-0.05, 0) is 39.0 Å². The maximum absolute atomic E-state index is 11.6. The van der Waals surface area contributed by atoms with E-state index in [2.05, 4.69) is 18.0 Å². The minimum absolute atomic E-state index is 0.261. The van der Waals surface area contributed by atoms with Crippen LogP contribution in [0.2, 0.25) is 0 Å². The summed E-state index contributed by atoms with van der Waals surface area (Å²) in [6, 6.07) is 0. The molecule has 0 aliphatic carbocycles. The number of methoxy groups -OCH3 is 1. The molecule has 0 saturated heterocycles. The average molecular weight is 322 g/mol. The lowest BCUT2D eigenvalue weighted by molar-refractivity contribution is -0.115. The molecule has 0 aliphatic heterocycles. The van der Waals surface area contributed by atoms with E-state index in [1.165, 1.54) is 17.7 Å². The molecule has 0 fully saturated rings. The third-order valence-electron chi connectivity index (χ3n) is 2.42. The van der Waals surface area contributed by atoms with Gasteiger partial charge >= 0.3 is 0 Å². The lowest BCUT2D eigenvalue weighted by atomic mass is 10.2. The van der Waals surface area contributed by atoms with Gasteiger partial charge in [0.1, 0.15) is 0 Å². The van der Waals surface area contributed by atoms with Crippen LogP contribution in [0.1, 0.15) is 20.8 Å². The van der Waals surface area contributed by atoms with Crippen LogP contribution >= 0.6 is 11.6 Å². The molecule has 22 heavy (non-hydrogen) atoms. The smallest absolute Gasteiger partial charge is 0.247 e. The Bertz CT molecular complexity index is 521. The molecule has 0 rings (SSSR count). The van der Waals surface area contributed by atoms with Crippen molar-refractivity contribution >= 4 is 17.5 Å². The number of hydrogen-bond donors (Lipinski definition) is 1. The molecule has 1 atom stereocenters. The highest BCUT2D eigenvalue weighted by molar-refractivity contribution is 6.31. The first-order valence-electron chi connectivity index (χ1n) is 6.88. The van der Waals surface area contributed by atoms with Crippen molar-refractivity contribution < 1.29 is 9.53 Å². The molecule has 0 aromatic heterocycles. The van der Waals surface area contributed by atoms with E-state index in [1.54, 1.807) is 31.5 Å². The number of nitrogens with one attached hydrogen (secondary N) is 1. The minimum atomic E-state index is -0.275. The molecule has 0 spiro atoms. The van der Waals surface area contributed by atoms with E-state index in [9.17, 15) is 4.79 Å². The number of carbonyl (C=O) groups is 1. The zero-order valence-electron chi connectivity index (χ0n) is 13.6. The van der Waals surface area contributed by atoms with Crippen molar-refractivity contribution in [3.8, 4) is 0 Å². The van der Waals surface area contributed by atoms with Gasteiger partial charge in [0.2, 0.25) is 5.91 Å². The summed E-state index contributed by atoms with van der Waals surface area (Å²) in [5.74, 6) is -0.261. The largest absolute Gasteiger partial charge is 0.373 e. The number of halogens is 1. The minimum Gasteiger partial charge on any atom is -0.373 e. The van der Waals surface area contributed by atoms with Gasteiger partial charge < -0.3 is 10.1 Å². The second-order valence-electron chi connectivity index (χ2n) is 4.82. The Balaban J connectivity index is 4.43. The summed E-state index contributed by atoms with van der Waals surface area (Å²) in [7, 11) is 1.55. The zero-order chi connectivity index (χ0) is 17.0. The van der Waals surface area contributed by atoms with Crippen molar-refractivity contribution in [2.24, 2.45) is 0 Å². The fourth-order valence-corrected chi connectivity index (χ4v) is 1.67. The molecule has 0 radical (unpaired) electrons. The molecule has 0 bridgehead atoms. The zero-order valence-corrected chi connectivity index (χ0v) is 14.4. The third kappa shape index (κ3) is 10.9. The van der Waals surface area contributed by atoms with Gasteiger partial charge in [-0.3, -0.25) is 4.79 Å². The molecule has 0 aromatic carbocycles. The van der Waals surface area contributed by atoms with Crippen molar-refractivity contribution in [1.29, 1.82) is 0 Å². The van der Waals surface area contributed by atoms with E-state index >= 15 is 0 Å². The van der Waals surface area contributed by atoms with Crippen LogP contribution in [0.15, 0.2) is 71.5 Å². The molecular formula is C18H24ClNO2. The lowest BCUT2D eigenvalue weighted by Gasteiger charge is -2.03. The first-order valence-corrected chi connectivity index (χ1v) is 7.26. The Morgan fingerprint density at radius 3 is 2.50 bits per heavy atom. The average Bonchev–Trinajstić information content (AvgIpc) is 2.46. The van der Waals surface area contributed by atoms with Gasteiger partial charge in [-0.1, -0.05) is 41.0 Å². The Labute approximate surface area is 138 Å². The van der Waals surface area contributed by atoms with E-state index in [-0.39, 0.29) is 12.0 Å². The first-order chi connectivity index (χ1) is 10.4. The Morgan fingerprint density at radius 1 is 1.27 bits per heavy atom. The SMILES string of the molecule is C=CC(/C=C(Cl)\C=C\C(=O)N/C=C/C=C(/C)C=C(C)C)OC. The van der Waals surface area contributed by atoms with Gasteiger partial charge in [-0.15, -0.1) is 6.58 Å². The molecule has 1 unspecified atom stereocenters. The summed E-state index contributed by atoms with van der Waals surface area (Å²) in [4.78, 5) is 11.6. The van der Waals surface area contributed by atoms with Crippen LogP contribution in [0, 0.1) is 0 Å². The van der Waals surface area contributed by atoms with Crippen LogP contribution in [0.4, 0.5) is 0 Å². The molecule has 0 heterocycles. The van der Waals surface area contributed by atoms with Gasteiger partial charge in [-0.2, -0.15) is 0 Å². The van der Waals surface area contributed by atoms with E-state index in [0.717, 1.165) is 5.57 Å². The summed E-state index contributed by atoms with van der Waals surface area (Å²) >= 11 is 5.96. The highest BCUT2D eigenvalue weighted by Crippen LogP contribution is 2.07. The predicted molar refractivity (Wildman–Crippen MR) is 94.5 cm³/mol. The van der Waals surface area contributed by atoms with Crippen LogP contribution in [-0.4, -0.2) is 19.1 Å². The number of carbonyl (C=O) groups excluding carboxylic acids is 1. The molecule has 0 aromatic rings. The third-order valence-corrected chi connectivity index (χ3v) is 2.67. The second-order valence-corrected chi connectivity index (χ2v) is 5.26.